The van der Waals surface area contributed by atoms with Crippen LogP contribution >= 0.6 is 0 Å². The van der Waals surface area contributed by atoms with Gasteiger partial charge in [0.1, 0.15) is 5.75 Å². The maximum Gasteiger partial charge on any atom is 0.246 e. The van der Waals surface area contributed by atoms with E-state index < -0.39 is 0 Å². The van der Waals surface area contributed by atoms with Gasteiger partial charge in [0.25, 0.3) is 0 Å². The number of aromatic hydroxyl groups is 4. The molecule has 3 aromatic rings. The maximum atomic E-state index is 13.0. The van der Waals surface area contributed by atoms with E-state index in [1.807, 2.05) is 0 Å². The van der Waals surface area contributed by atoms with Gasteiger partial charge in [-0.25, -0.2) is 0 Å². The molecular formula is C35H39N3O8. The summed E-state index contributed by atoms with van der Waals surface area (Å²) < 4.78 is 5.07. The summed E-state index contributed by atoms with van der Waals surface area (Å²) in [5, 5.41) is 43.9. The molecule has 11 heteroatoms. The Bertz CT molecular complexity index is 1560. The molecule has 0 unspecified atom stereocenters. The van der Waals surface area contributed by atoms with Crippen LogP contribution in [0, 0.1) is 0 Å². The minimum atomic E-state index is -0.290. The molecule has 3 amide bonds. The molecule has 0 fully saturated rings. The van der Waals surface area contributed by atoms with E-state index in [0.29, 0.717) is 62.3 Å². The minimum Gasteiger partial charge on any atom is -0.508 e. The number of rotatable bonds is 16. The fraction of sp³-hybridized carbons (Fsp3) is 0.229. The van der Waals surface area contributed by atoms with Crippen LogP contribution in [-0.2, 0) is 14.4 Å². The average molecular weight is 630 g/mol. The molecule has 242 valence electrons. The highest BCUT2D eigenvalue weighted by molar-refractivity contribution is 5.93. The lowest BCUT2D eigenvalue weighted by atomic mass is 10.2. The number of hydrogen-bond donors (Lipinski definition) is 6. The lowest BCUT2D eigenvalue weighted by Gasteiger charge is -2.21. The van der Waals surface area contributed by atoms with Crippen molar-refractivity contribution in [2.24, 2.45) is 0 Å². The highest BCUT2D eigenvalue weighted by Crippen LogP contribution is 2.27. The smallest absolute Gasteiger partial charge is 0.246 e. The summed E-state index contributed by atoms with van der Waals surface area (Å²) in [4.78, 5) is 39.1. The zero-order valence-electron chi connectivity index (χ0n) is 25.6. The number of phenolic OH excluding ortho intramolecular Hbond substituents is 4. The summed E-state index contributed by atoms with van der Waals surface area (Å²) in [7, 11) is 1.44. The van der Waals surface area contributed by atoms with E-state index in [4.69, 9.17) is 4.74 Å². The van der Waals surface area contributed by atoms with E-state index in [2.05, 4.69) is 10.6 Å². The Labute approximate surface area is 267 Å². The quantitative estimate of drug-likeness (QED) is 0.0779. The number of carbonyl (C=O) groups excluding carboxylic acids is 3. The molecule has 0 aromatic heterocycles. The first-order chi connectivity index (χ1) is 22.1. The van der Waals surface area contributed by atoms with Gasteiger partial charge < -0.3 is 40.7 Å². The fourth-order valence-electron chi connectivity index (χ4n) is 4.21. The lowest BCUT2D eigenvalue weighted by molar-refractivity contribution is -0.126. The Kier molecular flexibility index (Phi) is 13.7. The van der Waals surface area contributed by atoms with Crippen LogP contribution in [0.25, 0.3) is 18.2 Å². The number of hydrogen-bond acceptors (Lipinski definition) is 8. The molecule has 0 saturated heterocycles. The number of carbonyl (C=O) groups is 3. The number of phenols is 4. The second kappa shape index (κ2) is 18.2. The summed E-state index contributed by atoms with van der Waals surface area (Å²) in [6.45, 7) is 1.53. The minimum absolute atomic E-state index is 0.00986. The van der Waals surface area contributed by atoms with Crippen molar-refractivity contribution in [2.45, 2.75) is 19.3 Å². The van der Waals surface area contributed by atoms with Gasteiger partial charge in [-0.15, -0.1) is 0 Å². The van der Waals surface area contributed by atoms with E-state index in [9.17, 15) is 34.8 Å². The lowest BCUT2D eigenvalue weighted by Crippen LogP contribution is -2.34. The average Bonchev–Trinajstić information content (AvgIpc) is 3.05. The number of amides is 3. The number of ether oxygens (including phenoxy) is 1. The first kappa shape index (κ1) is 34.8. The van der Waals surface area contributed by atoms with Crippen LogP contribution < -0.4 is 15.4 Å². The summed E-state index contributed by atoms with van der Waals surface area (Å²) in [5.74, 6) is -0.917. The zero-order chi connectivity index (χ0) is 33.3. The molecule has 0 radical (unpaired) electrons. The molecule has 0 spiro atoms. The topological polar surface area (TPSA) is 169 Å². The summed E-state index contributed by atoms with van der Waals surface area (Å²) >= 11 is 0. The van der Waals surface area contributed by atoms with Gasteiger partial charge in [-0.1, -0.05) is 24.3 Å². The van der Waals surface area contributed by atoms with Crippen molar-refractivity contribution >= 4 is 35.9 Å². The normalized spacial score (nSPS) is 11.2. The van der Waals surface area contributed by atoms with Crippen LogP contribution in [0.1, 0.15) is 36.0 Å². The Morgan fingerprint density at radius 3 is 1.85 bits per heavy atom. The van der Waals surface area contributed by atoms with E-state index >= 15 is 0 Å². The predicted octanol–water partition coefficient (Wildman–Crippen LogP) is 4.19. The second-order valence-corrected chi connectivity index (χ2v) is 10.2. The number of nitrogens with one attached hydrogen (secondary N) is 2. The van der Waals surface area contributed by atoms with E-state index in [1.165, 1.54) is 55.7 Å². The van der Waals surface area contributed by atoms with Gasteiger partial charge >= 0.3 is 0 Å². The van der Waals surface area contributed by atoms with Gasteiger partial charge in [-0.3, -0.25) is 14.4 Å². The van der Waals surface area contributed by atoms with Gasteiger partial charge in [0.05, 0.1) is 7.11 Å². The van der Waals surface area contributed by atoms with Crippen molar-refractivity contribution in [2.75, 3.05) is 33.3 Å². The van der Waals surface area contributed by atoms with Gasteiger partial charge in [-0.05, 0) is 90.6 Å². The number of nitrogens with zero attached hydrogens (tertiary/aromatic N) is 1. The van der Waals surface area contributed by atoms with Crippen molar-refractivity contribution < 1.29 is 39.5 Å². The molecule has 0 heterocycles. The van der Waals surface area contributed by atoms with Crippen molar-refractivity contribution in [3.05, 3.63) is 95.6 Å². The van der Waals surface area contributed by atoms with Crippen molar-refractivity contribution in [1.29, 1.82) is 0 Å². The Morgan fingerprint density at radius 2 is 1.20 bits per heavy atom. The van der Waals surface area contributed by atoms with Crippen LogP contribution in [0.4, 0.5) is 0 Å². The van der Waals surface area contributed by atoms with Crippen molar-refractivity contribution in [1.82, 2.24) is 15.5 Å². The van der Waals surface area contributed by atoms with Crippen molar-refractivity contribution in [3.8, 4) is 28.7 Å². The predicted molar refractivity (Wildman–Crippen MR) is 176 cm³/mol. The Morgan fingerprint density at radius 1 is 0.652 bits per heavy atom. The molecule has 11 nitrogen and oxygen atoms in total. The third kappa shape index (κ3) is 12.1. The standard InChI is InChI=1S/C35H39N3O8/c1-46-32-24-27(8-15-30(32)41)10-17-34(44)36-19-2-3-21-38(35(45)18-11-26-7-14-29(40)31(42)23-26)22-4-20-37-33(43)16-9-25-5-12-28(39)13-6-25/h5-18,23-24,39-42H,2-4,19-22H2,1H3,(H,36,44)(H,37,43). The molecule has 0 aliphatic carbocycles. The molecule has 3 aromatic carbocycles. The third-order valence-electron chi connectivity index (χ3n) is 6.74. The summed E-state index contributed by atoms with van der Waals surface area (Å²) in [5.41, 5.74) is 2.00. The van der Waals surface area contributed by atoms with Gasteiger partial charge in [0, 0.05) is 44.4 Å². The first-order valence-corrected chi connectivity index (χ1v) is 14.7. The largest absolute Gasteiger partial charge is 0.508 e. The van der Waals surface area contributed by atoms with E-state index in [-0.39, 0.29) is 40.7 Å². The fourth-order valence-corrected chi connectivity index (χ4v) is 4.21. The van der Waals surface area contributed by atoms with E-state index in [0.717, 1.165) is 5.56 Å². The maximum absolute atomic E-state index is 13.0. The van der Waals surface area contributed by atoms with Crippen molar-refractivity contribution in [3.63, 3.8) is 0 Å². The van der Waals surface area contributed by atoms with E-state index in [1.54, 1.807) is 53.5 Å². The van der Waals surface area contributed by atoms with Crippen LogP contribution in [0.15, 0.2) is 78.9 Å². The molecule has 0 bridgehead atoms. The molecular weight excluding hydrogens is 590 g/mol. The number of benzene rings is 3. The molecule has 6 N–H and O–H groups in total. The number of methoxy groups -OCH3 is 1. The summed E-state index contributed by atoms with van der Waals surface area (Å²) in [6, 6.07) is 15.4. The molecule has 46 heavy (non-hydrogen) atoms. The van der Waals surface area contributed by atoms with Crippen LogP contribution in [0.3, 0.4) is 0 Å². The third-order valence-corrected chi connectivity index (χ3v) is 6.74. The molecule has 0 atom stereocenters. The van der Waals surface area contributed by atoms with Gasteiger partial charge in [0.2, 0.25) is 17.7 Å². The first-order valence-electron chi connectivity index (χ1n) is 14.7. The second-order valence-electron chi connectivity index (χ2n) is 10.2. The van der Waals surface area contributed by atoms with Gasteiger partial charge in [0.15, 0.2) is 23.0 Å². The Balaban J connectivity index is 1.48. The molecule has 0 aliphatic rings. The number of unbranched alkanes of at least 4 members (excludes halogenated alkanes) is 1. The SMILES string of the molecule is COc1cc(C=CC(=O)NCCCCN(CCCNC(=O)C=Cc2ccc(O)cc2)C(=O)C=Cc2ccc(O)c(O)c2)ccc1O. The highest BCUT2D eigenvalue weighted by Gasteiger charge is 2.11. The Hall–Kier alpha value is -5.71. The molecule has 3 rings (SSSR count). The molecule has 0 saturated carbocycles. The van der Waals surface area contributed by atoms with Crippen LogP contribution in [0.2, 0.25) is 0 Å². The zero-order valence-corrected chi connectivity index (χ0v) is 25.6. The van der Waals surface area contributed by atoms with Gasteiger partial charge in [-0.2, -0.15) is 0 Å². The highest BCUT2D eigenvalue weighted by atomic mass is 16.5. The summed E-state index contributed by atoms with van der Waals surface area (Å²) in [6.07, 6.45) is 10.7. The van der Waals surface area contributed by atoms with Crippen LogP contribution in [0.5, 0.6) is 28.7 Å². The monoisotopic (exact) mass is 629 g/mol. The van der Waals surface area contributed by atoms with Crippen LogP contribution in [-0.4, -0.2) is 76.3 Å². The molecule has 0 aliphatic heterocycles.